The van der Waals surface area contributed by atoms with Gasteiger partial charge in [0.15, 0.2) is 12.4 Å². The summed E-state index contributed by atoms with van der Waals surface area (Å²) >= 11 is 22.1. The first-order chi connectivity index (χ1) is 16.2. The van der Waals surface area contributed by atoms with Crippen LogP contribution >= 0.6 is 50.7 Å². The van der Waals surface area contributed by atoms with Crippen molar-refractivity contribution < 1.29 is 9.53 Å². The van der Waals surface area contributed by atoms with Crippen LogP contribution in [-0.4, -0.2) is 25.5 Å². The molecule has 2 aromatic heterocycles. The fraction of sp³-hybridized carbons (Fsp3) is 0.174. The van der Waals surface area contributed by atoms with Crippen molar-refractivity contribution in [1.29, 1.82) is 0 Å². The molecule has 0 atom stereocenters. The second-order valence-electron chi connectivity index (χ2n) is 7.45. The van der Waals surface area contributed by atoms with Crippen LogP contribution in [-0.2, 0) is 13.3 Å². The van der Waals surface area contributed by atoms with Crippen molar-refractivity contribution in [3.63, 3.8) is 0 Å². The van der Waals surface area contributed by atoms with Gasteiger partial charge < -0.3 is 10.1 Å². The van der Waals surface area contributed by atoms with E-state index in [1.54, 1.807) is 47.3 Å². The molecule has 11 heteroatoms. The van der Waals surface area contributed by atoms with Gasteiger partial charge in [0.1, 0.15) is 5.75 Å². The summed E-state index contributed by atoms with van der Waals surface area (Å²) in [6.07, 6.45) is 1.66. The Kier molecular flexibility index (Phi) is 7.52. The molecule has 0 spiro atoms. The molecule has 1 amide bonds. The summed E-state index contributed by atoms with van der Waals surface area (Å²) in [5.41, 5.74) is 3.06. The number of hydrogen-bond acceptors (Lipinski definition) is 4. The van der Waals surface area contributed by atoms with Crippen LogP contribution in [0, 0.1) is 13.8 Å². The van der Waals surface area contributed by atoms with E-state index < -0.39 is 0 Å². The van der Waals surface area contributed by atoms with E-state index in [0.717, 1.165) is 15.7 Å². The second-order valence-corrected chi connectivity index (χ2v) is 9.58. The number of hydrogen-bond donors (Lipinski definition) is 1. The van der Waals surface area contributed by atoms with Gasteiger partial charge in [0, 0.05) is 26.3 Å². The molecule has 4 rings (SSSR count). The number of halogens is 4. The number of ether oxygens (including phenoxy) is 1. The molecule has 4 aromatic rings. The molecule has 0 radical (unpaired) electrons. The zero-order valence-electron chi connectivity index (χ0n) is 18.2. The third kappa shape index (κ3) is 5.41. The Hall–Kier alpha value is -2.52. The molecule has 176 valence electrons. The van der Waals surface area contributed by atoms with Crippen LogP contribution in [0.15, 0.2) is 53.1 Å². The van der Waals surface area contributed by atoms with Crippen molar-refractivity contribution in [2.45, 2.75) is 27.1 Å². The minimum Gasteiger partial charge on any atom is -0.470 e. The van der Waals surface area contributed by atoms with Crippen molar-refractivity contribution in [2.24, 2.45) is 0 Å². The summed E-state index contributed by atoms with van der Waals surface area (Å²) in [4.78, 5) is 12.8. The fourth-order valence-corrected chi connectivity index (χ4v) is 4.57. The first-order valence-electron chi connectivity index (χ1n) is 10.1. The Labute approximate surface area is 219 Å². The first kappa shape index (κ1) is 24.6. The molecule has 2 heterocycles. The van der Waals surface area contributed by atoms with Crippen molar-refractivity contribution in [3.8, 4) is 5.75 Å². The van der Waals surface area contributed by atoms with Crippen molar-refractivity contribution in [1.82, 2.24) is 19.6 Å². The minimum absolute atomic E-state index is 0.100. The summed E-state index contributed by atoms with van der Waals surface area (Å²) < 4.78 is 9.81. The van der Waals surface area contributed by atoms with E-state index in [1.807, 2.05) is 19.9 Å². The molecule has 0 aliphatic carbocycles. The highest BCUT2D eigenvalue weighted by molar-refractivity contribution is 9.10. The average Bonchev–Trinajstić information content (AvgIpc) is 3.36. The predicted octanol–water partition coefficient (Wildman–Crippen LogP) is 6.76. The Balaban J connectivity index is 1.44. The van der Waals surface area contributed by atoms with Gasteiger partial charge in [0.2, 0.25) is 0 Å². The third-order valence-electron chi connectivity index (χ3n) is 5.11. The van der Waals surface area contributed by atoms with Gasteiger partial charge in [0.25, 0.3) is 5.91 Å². The zero-order valence-corrected chi connectivity index (χ0v) is 22.0. The largest absolute Gasteiger partial charge is 0.470 e. The molecular weight excluding hydrogens is 565 g/mol. The molecule has 34 heavy (non-hydrogen) atoms. The van der Waals surface area contributed by atoms with Gasteiger partial charge in [-0.1, -0.05) is 56.8 Å². The summed E-state index contributed by atoms with van der Waals surface area (Å²) in [7, 11) is 0. The van der Waals surface area contributed by atoms with E-state index in [0.29, 0.717) is 38.7 Å². The molecule has 7 nitrogen and oxygen atoms in total. The molecule has 0 bridgehead atoms. The van der Waals surface area contributed by atoms with Crippen LogP contribution in [0.25, 0.3) is 0 Å². The lowest BCUT2D eigenvalue weighted by Crippen LogP contribution is -2.15. The summed E-state index contributed by atoms with van der Waals surface area (Å²) in [5, 5.41) is 13.3. The van der Waals surface area contributed by atoms with E-state index in [1.165, 1.54) is 4.68 Å². The monoisotopic (exact) mass is 581 g/mol. The lowest BCUT2D eigenvalue weighted by molar-refractivity contribution is 0.102. The third-order valence-corrected chi connectivity index (χ3v) is 6.61. The van der Waals surface area contributed by atoms with E-state index in [9.17, 15) is 4.79 Å². The summed E-state index contributed by atoms with van der Waals surface area (Å²) in [5.74, 6) is 0.158. The van der Waals surface area contributed by atoms with Crippen LogP contribution in [0.5, 0.6) is 5.75 Å². The topological polar surface area (TPSA) is 74.0 Å². The smallest absolute Gasteiger partial charge is 0.276 e. The highest BCUT2D eigenvalue weighted by atomic mass is 79.9. The fourth-order valence-electron chi connectivity index (χ4n) is 3.33. The molecule has 0 saturated carbocycles. The van der Waals surface area contributed by atoms with E-state index >= 15 is 0 Å². The highest BCUT2D eigenvalue weighted by Crippen LogP contribution is 2.29. The van der Waals surface area contributed by atoms with Crippen molar-refractivity contribution in [2.75, 3.05) is 5.32 Å². The van der Waals surface area contributed by atoms with Crippen molar-refractivity contribution >= 4 is 62.3 Å². The Morgan fingerprint density at radius 1 is 1.06 bits per heavy atom. The van der Waals surface area contributed by atoms with E-state index in [-0.39, 0.29) is 18.3 Å². The van der Waals surface area contributed by atoms with Gasteiger partial charge in [-0.05, 0) is 50.2 Å². The SMILES string of the molecule is Cc1nn(Cc2c(Cl)cccc2Cl)c(C)c1NC(=O)c1ccn(COc2ccc(Br)cc2Cl)n1. The Bertz CT molecular complexity index is 1350. The molecule has 1 N–H and O–H groups in total. The van der Waals surface area contributed by atoms with Gasteiger partial charge in [-0.25, -0.2) is 4.68 Å². The first-order valence-corrected chi connectivity index (χ1v) is 12.0. The van der Waals surface area contributed by atoms with Crippen molar-refractivity contribution in [3.05, 3.63) is 90.8 Å². The predicted molar refractivity (Wildman–Crippen MR) is 137 cm³/mol. The minimum atomic E-state index is -0.359. The van der Waals surface area contributed by atoms with Crippen LogP contribution in [0.4, 0.5) is 5.69 Å². The zero-order chi connectivity index (χ0) is 24.4. The number of nitrogens with one attached hydrogen (secondary N) is 1. The lowest BCUT2D eigenvalue weighted by atomic mass is 10.2. The maximum atomic E-state index is 12.8. The number of carbonyl (C=O) groups is 1. The summed E-state index contributed by atoms with van der Waals surface area (Å²) in [6.45, 7) is 4.17. The maximum absolute atomic E-state index is 12.8. The Morgan fingerprint density at radius 2 is 1.79 bits per heavy atom. The number of aromatic nitrogens is 4. The average molecular weight is 584 g/mol. The number of amides is 1. The number of anilines is 1. The van der Waals surface area contributed by atoms with Gasteiger partial charge in [-0.3, -0.25) is 9.48 Å². The van der Waals surface area contributed by atoms with Gasteiger partial charge in [-0.2, -0.15) is 10.2 Å². The molecule has 0 aliphatic rings. The number of rotatable bonds is 7. The van der Waals surface area contributed by atoms with Gasteiger partial charge in [-0.15, -0.1) is 0 Å². The van der Waals surface area contributed by atoms with Gasteiger partial charge in [0.05, 0.1) is 28.6 Å². The van der Waals surface area contributed by atoms with E-state index in [2.05, 4.69) is 31.4 Å². The van der Waals surface area contributed by atoms with Crippen LogP contribution < -0.4 is 10.1 Å². The second kappa shape index (κ2) is 10.4. The Morgan fingerprint density at radius 3 is 2.50 bits per heavy atom. The summed E-state index contributed by atoms with van der Waals surface area (Å²) in [6, 6.07) is 12.3. The van der Waals surface area contributed by atoms with E-state index in [4.69, 9.17) is 39.5 Å². The molecule has 0 unspecified atom stereocenters. The molecule has 0 aliphatic heterocycles. The number of carbonyl (C=O) groups excluding carboxylic acids is 1. The molecular formula is C23H19BrCl3N5O2. The number of aryl methyl sites for hydroxylation is 1. The molecule has 2 aromatic carbocycles. The van der Waals surface area contributed by atoms with Crippen LogP contribution in [0.2, 0.25) is 15.1 Å². The normalized spacial score (nSPS) is 11.0. The highest BCUT2D eigenvalue weighted by Gasteiger charge is 2.18. The van der Waals surface area contributed by atoms with Crippen LogP contribution in [0.3, 0.4) is 0 Å². The number of nitrogens with zero attached hydrogens (tertiary/aromatic N) is 4. The lowest BCUT2D eigenvalue weighted by Gasteiger charge is -2.09. The molecule has 0 saturated heterocycles. The number of benzene rings is 2. The van der Waals surface area contributed by atoms with Crippen LogP contribution in [0.1, 0.15) is 27.4 Å². The molecule has 0 fully saturated rings. The quantitative estimate of drug-likeness (QED) is 0.261. The van der Waals surface area contributed by atoms with Gasteiger partial charge >= 0.3 is 0 Å². The maximum Gasteiger partial charge on any atom is 0.276 e. The standard InChI is InChI=1S/C23H19BrCl3N5O2/c1-13-22(14(2)32(29-13)11-16-17(25)4-3-5-18(16)26)28-23(33)20-8-9-31(30-20)12-34-21-7-6-15(24)10-19(21)27/h3-10H,11-12H2,1-2H3,(H,28,33).